The van der Waals surface area contributed by atoms with Gasteiger partial charge in [0.25, 0.3) is 0 Å². The zero-order valence-corrected chi connectivity index (χ0v) is 15.3. The SMILES string of the molecule is CCCCCCCCCC(=O)OOOCC(C)CC(C)(C)C. The zero-order chi connectivity index (χ0) is 16.8. The van der Waals surface area contributed by atoms with E-state index in [9.17, 15) is 4.79 Å². The van der Waals surface area contributed by atoms with Gasteiger partial charge in [-0.15, -0.1) is 0 Å². The molecule has 0 heterocycles. The van der Waals surface area contributed by atoms with Gasteiger partial charge in [0, 0.05) is 6.42 Å². The summed E-state index contributed by atoms with van der Waals surface area (Å²) in [5.41, 5.74) is 0.260. The van der Waals surface area contributed by atoms with Gasteiger partial charge in [-0.1, -0.05) is 73.1 Å². The lowest BCUT2D eigenvalue weighted by Crippen LogP contribution is -2.16. The van der Waals surface area contributed by atoms with E-state index in [0.29, 0.717) is 18.9 Å². The topological polar surface area (TPSA) is 44.8 Å². The van der Waals surface area contributed by atoms with E-state index in [1.54, 1.807) is 0 Å². The number of hydrogen-bond acceptors (Lipinski definition) is 4. The van der Waals surface area contributed by atoms with Gasteiger partial charge in [-0.25, -0.2) is 4.79 Å². The van der Waals surface area contributed by atoms with E-state index in [1.165, 1.54) is 32.1 Å². The van der Waals surface area contributed by atoms with E-state index in [4.69, 9.17) is 4.89 Å². The van der Waals surface area contributed by atoms with Gasteiger partial charge in [0.15, 0.2) is 0 Å². The van der Waals surface area contributed by atoms with Crippen LogP contribution in [0.25, 0.3) is 0 Å². The molecule has 1 atom stereocenters. The third-order valence-corrected chi connectivity index (χ3v) is 3.47. The van der Waals surface area contributed by atoms with Crippen molar-refractivity contribution in [2.24, 2.45) is 11.3 Å². The van der Waals surface area contributed by atoms with Crippen LogP contribution < -0.4 is 0 Å². The summed E-state index contributed by atoms with van der Waals surface area (Å²) in [6, 6.07) is 0. The van der Waals surface area contributed by atoms with E-state index >= 15 is 0 Å². The second kappa shape index (κ2) is 12.9. The highest BCUT2D eigenvalue weighted by atomic mass is 17.5. The molecule has 132 valence electrons. The third-order valence-electron chi connectivity index (χ3n) is 3.47. The maximum atomic E-state index is 11.4. The Morgan fingerprint density at radius 1 is 1.00 bits per heavy atom. The van der Waals surface area contributed by atoms with Crippen molar-refractivity contribution >= 4 is 5.97 Å². The quantitative estimate of drug-likeness (QED) is 0.252. The van der Waals surface area contributed by atoms with Crippen molar-refractivity contribution in [1.82, 2.24) is 0 Å². The molecule has 0 bridgehead atoms. The molecular weight excluding hydrogens is 280 g/mol. The predicted molar refractivity (Wildman–Crippen MR) is 89.0 cm³/mol. The molecule has 0 aliphatic heterocycles. The lowest BCUT2D eigenvalue weighted by Gasteiger charge is -2.22. The highest BCUT2D eigenvalue weighted by molar-refractivity contribution is 5.68. The maximum Gasteiger partial charge on any atom is 0.345 e. The Morgan fingerprint density at radius 2 is 1.59 bits per heavy atom. The fourth-order valence-corrected chi connectivity index (χ4v) is 2.58. The van der Waals surface area contributed by atoms with Crippen molar-refractivity contribution < 1.29 is 19.6 Å². The summed E-state index contributed by atoms with van der Waals surface area (Å²) < 4.78 is 0. The fourth-order valence-electron chi connectivity index (χ4n) is 2.58. The van der Waals surface area contributed by atoms with Gasteiger partial charge in [0.05, 0.1) is 6.61 Å². The number of unbranched alkanes of at least 4 members (excludes halogenated alkanes) is 6. The fraction of sp³-hybridized carbons (Fsp3) is 0.944. The maximum absolute atomic E-state index is 11.4. The van der Waals surface area contributed by atoms with Crippen molar-refractivity contribution in [3.05, 3.63) is 0 Å². The van der Waals surface area contributed by atoms with Crippen LogP contribution in [-0.2, 0) is 19.6 Å². The van der Waals surface area contributed by atoms with Crippen molar-refractivity contribution in [1.29, 1.82) is 0 Å². The number of carbonyl (C=O) groups is 1. The molecular formula is C18H36O4. The summed E-state index contributed by atoms with van der Waals surface area (Å²) in [7, 11) is 0. The molecule has 0 rings (SSSR count). The highest BCUT2D eigenvalue weighted by Gasteiger charge is 2.16. The van der Waals surface area contributed by atoms with E-state index in [2.05, 4.69) is 44.5 Å². The number of carbonyl (C=O) groups excluding carboxylic acids is 1. The average molecular weight is 316 g/mol. The molecule has 0 radical (unpaired) electrons. The summed E-state index contributed by atoms with van der Waals surface area (Å²) in [5, 5.41) is 4.54. The molecule has 4 nitrogen and oxygen atoms in total. The predicted octanol–water partition coefficient (Wildman–Crippen LogP) is 5.61. The monoisotopic (exact) mass is 316 g/mol. The highest BCUT2D eigenvalue weighted by Crippen LogP contribution is 2.24. The first-order valence-electron chi connectivity index (χ1n) is 8.84. The van der Waals surface area contributed by atoms with E-state index in [1.807, 2.05) is 0 Å². The van der Waals surface area contributed by atoms with Gasteiger partial charge in [-0.2, -0.15) is 4.89 Å². The molecule has 0 fully saturated rings. The summed E-state index contributed by atoms with van der Waals surface area (Å²) >= 11 is 0. The van der Waals surface area contributed by atoms with Crippen molar-refractivity contribution in [2.45, 2.75) is 92.4 Å². The van der Waals surface area contributed by atoms with Crippen LogP contribution >= 0.6 is 0 Å². The zero-order valence-electron chi connectivity index (χ0n) is 15.3. The molecule has 0 spiro atoms. The molecule has 1 unspecified atom stereocenters. The Morgan fingerprint density at radius 3 is 2.18 bits per heavy atom. The molecule has 0 saturated carbocycles. The minimum absolute atomic E-state index is 0.260. The Hall–Kier alpha value is -0.610. The molecule has 0 N–H and O–H groups in total. The minimum atomic E-state index is -0.350. The summed E-state index contributed by atoms with van der Waals surface area (Å²) in [4.78, 5) is 21.0. The Balaban J connectivity index is 3.39. The van der Waals surface area contributed by atoms with E-state index < -0.39 is 0 Å². The number of hydrogen-bond donors (Lipinski definition) is 0. The third kappa shape index (κ3) is 15.8. The summed E-state index contributed by atoms with van der Waals surface area (Å²) in [6.07, 6.45) is 9.67. The lowest BCUT2D eigenvalue weighted by atomic mass is 9.86. The average Bonchev–Trinajstić information content (AvgIpc) is 2.41. The van der Waals surface area contributed by atoms with Gasteiger partial charge in [-0.3, -0.25) is 4.89 Å². The summed E-state index contributed by atoms with van der Waals surface area (Å²) in [5.74, 6) is 0.0128. The van der Waals surface area contributed by atoms with Gasteiger partial charge in [0.1, 0.15) is 0 Å². The largest absolute Gasteiger partial charge is 0.345 e. The molecule has 0 aliphatic rings. The van der Waals surface area contributed by atoms with Gasteiger partial charge in [0.2, 0.25) is 0 Å². The van der Waals surface area contributed by atoms with Crippen molar-refractivity contribution in [2.75, 3.05) is 6.61 Å². The number of rotatable bonds is 13. The van der Waals surface area contributed by atoms with Crippen LogP contribution in [0.4, 0.5) is 0 Å². The van der Waals surface area contributed by atoms with E-state index in [-0.39, 0.29) is 11.4 Å². The van der Waals surface area contributed by atoms with Crippen LogP contribution in [0.3, 0.4) is 0 Å². The van der Waals surface area contributed by atoms with Crippen molar-refractivity contribution in [3.8, 4) is 0 Å². The Bertz CT molecular complexity index is 271. The Kier molecular flexibility index (Phi) is 12.5. The van der Waals surface area contributed by atoms with Crippen LogP contribution in [0, 0.1) is 11.3 Å². The Labute approximate surface area is 136 Å². The first-order valence-corrected chi connectivity index (χ1v) is 8.84. The van der Waals surface area contributed by atoms with Crippen LogP contribution in [-0.4, -0.2) is 12.6 Å². The van der Waals surface area contributed by atoms with Crippen molar-refractivity contribution in [3.63, 3.8) is 0 Å². The van der Waals surface area contributed by atoms with E-state index in [0.717, 1.165) is 19.3 Å². The molecule has 0 aliphatic carbocycles. The molecule has 0 saturated heterocycles. The van der Waals surface area contributed by atoms with Gasteiger partial charge in [-0.05, 0) is 29.2 Å². The smallest absolute Gasteiger partial charge is 0.269 e. The van der Waals surface area contributed by atoms with Crippen LogP contribution in [0.1, 0.15) is 92.4 Å². The molecule has 0 aromatic rings. The van der Waals surface area contributed by atoms with Crippen LogP contribution in [0.5, 0.6) is 0 Å². The van der Waals surface area contributed by atoms with Crippen LogP contribution in [0.2, 0.25) is 0 Å². The molecule has 22 heavy (non-hydrogen) atoms. The van der Waals surface area contributed by atoms with Crippen LogP contribution in [0.15, 0.2) is 0 Å². The summed E-state index contributed by atoms with van der Waals surface area (Å²) in [6.45, 7) is 11.3. The molecule has 0 aromatic heterocycles. The first-order chi connectivity index (χ1) is 10.3. The van der Waals surface area contributed by atoms with Gasteiger partial charge < -0.3 is 0 Å². The second-order valence-electron chi connectivity index (χ2n) is 7.55. The lowest BCUT2D eigenvalue weighted by molar-refractivity contribution is -0.489. The van der Waals surface area contributed by atoms with Gasteiger partial charge >= 0.3 is 5.97 Å². The normalized spacial score (nSPS) is 13.1. The molecule has 4 heteroatoms. The second-order valence-corrected chi connectivity index (χ2v) is 7.55. The first kappa shape index (κ1) is 21.4. The molecule has 0 amide bonds. The molecule has 0 aromatic carbocycles. The minimum Gasteiger partial charge on any atom is -0.269 e. The standard InChI is InChI=1S/C18H36O4/c1-6-7-8-9-10-11-12-13-17(19)21-22-20-15-16(2)14-18(3,4)5/h16H,6-15H2,1-5H3.